The van der Waals surface area contributed by atoms with E-state index in [0.29, 0.717) is 35.7 Å². The second-order valence-electron chi connectivity index (χ2n) is 10.7. The topological polar surface area (TPSA) is 74.3 Å². The summed E-state index contributed by atoms with van der Waals surface area (Å²) in [4.78, 5) is 6.84. The number of rotatable bonds is 11. The molecule has 6 nitrogen and oxygen atoms in total. The molecule has 0 aliphatic carbocycles. The van der Waals surface area contributed by atoms with Gasteiger partial charge in [0.1, 0.15) is 18.4 Å². The maximum Gasteiger partial charge on any atom is 0.232 e. The fraction of sp³-hybridized carbons (Fsp3) is 0.333. The first-order valence-corrected chi connectivity index (χ1v) is 14.1. The molecule has 3 aromatic carbocycles. The van der Waals surface area contributed by atoms with E-state index in [9.17, 15) is 5.26 Å². The molecule has 1 heterocycles. The van der Waals surface area contributed by atoms with E-state index in [1.165, 1.54) is 11.1 Å². The Balaban J connectivity index is 1.48. The van der Waals surface area contributed by atoms with Gasteiger partial charge in [0, 0.05) is 22.7 Å². The van der Waals surface area contributed by atoms with Crippen molar-refractivity contribution in [2.75, 3.05) is 25.0 Å². The van der Waals surface area contributed by atoms with Gasteiger partial charge >= 0.3 is 0 Å². The van der Waals surface area contributed by atoms with Crippen LogP contribution in [0.5, 0.6) is 5.75 Å². The second kappa shape index (κ2) is 13.0. The van der Waals surface area contributed by atoms with Gasteiger partial charge in [-0.15, -0.1) is 0 Å². The largest absolute Gasteiger partial charge is 0.489 e. The number of aromatic nitrogens is 1. The molecule has 0 bridgehead atoms. The van der Waals surface area contributed by atoms with Gasteiger partial charge < -0.3 is 14.5 Å². The fourth-order valence-electron chi connectivity index (χ4n) is 4.63. The molecule has 1 atom stereocenters. The number of nitriles is 1. The molecule has 0 fully saturated rings. The molecule has 0 amide bonds. The summed E-state index contributed by atoms with van der Waals surface area (Å²) in [5, 5.41) is 13.8. The van der Waals surface area contributed by atoms with Crippen molar-refractivity contribution in [3.8, 4) is 23.3 Å². The van der Waals surface area contributed by atoms with Crippen LogP contribution >= 0.6 is 11.6 Å². The lowest BCUT2D eigenvalue weighted by Crippen LogP contribution is -2.33. The molecule has 0 aliphatic heterocycles. The maximum atomic E-state index is 9.76. The molecular weight excluding hydrogens is 520 g/mol. The van der Waals surface area contributed by atoms with E-state index in [1.807, 2.05) is 48.5 Å². The summed E-state index contributed by atoms with van der Waals surface area (Å²) < 4.78 is 11.9. The third-order valence-corrected chi connectivity index (χ3v) is 7.43. The molecule has 0 radical (unpaired) electrons. The van der Waals surface area contributed by atoms with Gasteiger partial charge in [0.05, 0.1) is 6.04 Å². The van der Waals surface area contributed by atoms with Crippen LogP contribution in [0.1, 0.15) is 63.0 Å². The number of anilines is 1. The highest BCUT2D eigenvalue weighted by atomic mass is 35.5. The quantitative estimate of drug-likeness (QED) is 0.200. The second-order valence-corrected chi connectivity index (χ2v) is 11.1. The van der Waals surface area contributed by atoms with E-state index in [4.69, 9.17) is 20.8 Å². The van der Waals surface area contributed by atoms with Crippen molar-refractivity contribution < 1.29 is 9.15 Å². The Morgan fingerprint density at radius 3 is 2.27 bits per heavy atom. The Bertz CT molecular complexity index is 1430. The van der Waals surface area contributed by atoms with Crippen LogP contribution in [0.2, 0.25) is 5.02 Å². The zero-order chi connectivity index (χ0) is 28.7. The number of hydrogen-bond acceptors (Lipinski definition) is 6. The summed E-state index contributed by atoms with van der Waals surface area (Å²) in [5.74, 6) is 1.46. The van der Waals surface area contributed by atoms with Crippen molar-refractivity contribution in [2.24, 2.45) is 0 Å². The summed E-state index contributed by atoms with van der Waals surface area (Å²) in [5.41, 5.74) is 4.52. The summed E-state index contributed by atoms with van der Waals surface area (Å²) in [7, 11) is 0. The fourth-order valence-corrected chi connectivity index (χ4v) is 4.82. The molecule has 0 saturated carbocycles. The minimum Gasteiger partial charge on any atom is -0.489 e. The number of nitrogens with zero attached hydrogens (tertiary/aromatic N) is 3. The Morgan fingerprint density at radius 2 is 1.68 bits per heavy atom. The van der Waals surface area contributed by atoms with E-state index in [1.54, 1.807) is 0 Å². The van der Waals surface area contributed by atoms with Gasteiger partial charge in [0.25, 0.3) is 0 Å². The van der Waals surface area contributed by atoms with Crippen molar-refractivity contribution >= 4 is 17.5 Å². The van der Waals surface area contributed by atoms with Gasteiger partial charge in [0.2, 0.25) is 17.5 Å². The predicted molar refractivity (Wildman–Crippen MR) is 162 cm³/mol. The molecule has 0 spiro atoms. The molecule has 0 saturated heterocycles. The van der Waals surface area contributed by atoms with Crippen LogP contribution in [-0.2, 0) is 12.0 Å². The lowest BCUT2D eigenvalue weighted by Gasteiger charge is -2.31. The van der Waals surface area contributed by atoms with Gasteiger partial charge in [-0.2, -0.15) is 10.2 Å². The number of nitrogens with one attached hydrogen (secondary N) is 1. The van der Waals surface area contributed by atoms with Gasteiger partial charge in [-0.05, 0) is 60.0 Å². The normalized spacial score (nSPS) is 12.2. The number of ether oxygens (including phenoxy) is 1. The summed E-state index contributed by atoms with van der Waals surface area (Å²) in [6, 6.07) is 26.2. The van der Waals surface area contributed by atoms with Crippen molar-refractivity contribution in [1.82, 2.24) is 9.88 Å². The molecule has 1 aromatic heterocycles. The Labute approximate surface area is 242 Å². The third-order valence-electron chi connectivity index (χ3n) is 7.06. The average molecular weight is 557 g/mol. The molecule has 40 heavy (non-hydrogen) atoms. The molecule has 208 valence electrons. The van der Waals surface area contributed by atoms with E-state index < -0.39 is 0 Å². The first-order valence-electron chi connectivity index (χ1n) is 13.7. The van der Waals surface area contributed by atoms with Gasteiger partial charge in [0.15, 0.2) is 0 Å². The van der Waals surface area contributed by atoms with E-state index in [-0.39, 0.29) is 17.2 Å². The standard InChI is InChI=1S/C33H37ClN4O2/c1-6-38(7-2)30(23-12-16-26(17-13-23)33(3,4)5)21-36-32-29(20-35)37-31(40-32)24-14-18-27(19-15-24)39-22-25-10-8-9-11-28(25)34/h8-19,30,36H,6-7,21-22H2,1-5H3/t30-/m1/s1. The SMILES string of the molecule is CCN(CC)[C@H](CNc1oc(-c2ccc(OCc3ccccc3Cl)cc2)nc1C#N)c1ccc(C(C)(C)C)cc1. The first kappa shape index (κ1) is 29.2. The Kier molecular flexibility index (Phi) is 9.52. The third kappa shape index (κ3) is 7.04. The monoisotopic (exact) mass is 556 g/mol. The smallest absolute Gasteiger partial charge is 0.232 e. The van der Waals surface area contributed by atoms with Gasteiger partial charge in [-0.3, -0.25) is 4.90 Å². The maximum absolute atomic E-state index is 9.76. The Morgan fingerprint density at radius 1 is 1.00 bits per heavy atom. The van der Waals surface area contributed by atoms with Crippen LogP contribution < -0.4 is 10.1 Å². The minimum atomic E-state index is 0.0966. The van der Waals surface area contributed by atoms with Crippen molar-refractivity contribution in [3.63, 3.8) is 0 Å². The number of hydrogen-bond donors (Lipinski definition) is 1. The highest BCUT2D eigenvalue weighted by molar-refractivity contribution is 6.31. The predicted octanol–water partition coefficient (Wildman–Crippen LogP) is 8.24. The highest BCUT2D eigenvalue weighted by Crippen LogP contribution is 2.30. The molecule has 4 aromatic rings. The molecule has 1 N–H and O–H groups in total. The van der Waals surface area contributed by atoms with Crippen molar-refractivity contribution in [2.45, 2.75) is 52.7 Å². The summed E-state index contributed by atoms with van der Waals surface area (Å²) in [6.07, 6.45) is 0. The van der Waals surface area contributed by atoms with E-state index in [2.05, 4.69) is 80.2 Å². The van der Waals surface area contributed by atoms with Crippen LogP contribution in [0.3, 0.4) is 0 Å². The lowest BCUT2D eigenvalue weighted by molar-refractivity contribution is 0.227. The zero-order valence-electron chi connectivity index (χ0n) is 23.9. The Hall–Kier alpha value is -3.79. The van der Waals surface area contributed by atoms with Crippen LogP contribution in [0, 0.1) is 11.3 Å². The average Bonchev–Trinajstić information content (AvgIpc) is 3.38. The number of oxazole rings is 1. The van der Waals surface area contributed by atoms with E-state index >= 15 is 0 Å². The molecule has 7 heteroatoms. The lowest BCUT2D eigenvalue weighted by atomic mass is 9.86. The van der Waals surface area contributed by atoms with Crippen molar-refractivity contribution in [3.05, 3.63) is 100 Å². The van der Waals surface area contributed by atoms with Gasteiger partial charge in [-0.1, -0.05) is 88.7 Å². The molecular formula is C33H37ClN4O2. The highest BCUT2D eigenvalue weighted by Gasteiger charge is 2.22. The summed E-state index contributed by atoms with van der Waals surface area (Å²) >= 11 is 6.23. The van der Waals surface area contributed by atoms with E-state index in [0.717, 1.165) is 24.2 Å². The van der Waals surface area contributed by atoms with Crippen molar-refractivity contribution in [1.29, 1.82) is 5.26 Å². The van der Waals surface area contributed by atoms with Crippen LogP contribution in [0.25, 0.3) is 11.5 Å². The van der Waals surface area contributed by atoms with Crippen LogP contribution in [0.4, 0.5) is 5.88 Å². The zero-order valence-corrected chi connectivity index (χ0v) is 24.6. The first-order chi connectivity index (χ1) is 19.2. The molecule has 0 unspecified atom stereocenters. The van der Waals surface area contributed by atoms with Gasteiger partial charge in [-0.25, -0.2) is 0 Å². The van der Waals surface area contributed by atoms with Crippen LogP contribution in [0.15, 0.2) is 77.2 Å². The minimum absolute atomic E-state index is 0.0966. The van der Waals surface area contributed by atoms with Crippen LogP contribution in [-0.4, -0.2) is 29.5 Å². The summed E-state index contributed by atoms with van der Waals surface area (Å²) in [6.45, 7) is 13.7. The number of halogens is 1. The molecule has 0 aliphatic rings. The number of likely N-dealkylation sites (N-methyl/N-ethyl adjacent to an activating group) is 1. The molecule has 4 rings (SSSR count). The number of benzene rings is 3.